The lowest BCUT2D eigenvalue weighted by atomic mass is 10.2. The molecule has 5 heteroatoms. The monoisotopic (exact) mass is 186 g/mol. The number of nitrogens with two attached hydrogens (primary N) is 1. The van der Waals surface area contributed by atoms with Crippen molar-refractivity contribution in [3.05, 3.63) is 16.1 Å². The van der Waals surface area contributed by atoms with E-state index in [4.69, 9.17) is 10.8 Å². The van der Waals surface area contributed by atoms with Crippen molar-refractivity contribution in [2.45, 2.75) is 19.4 Å². The van der Waals surface area contributed by atoms with Gasteiger partial charge in [-0.25, -0.2) is 4.98 Å². The Bertz CT molecular complexity index is 285. The third-order valence-electron chi connectivity index (χ3n) is 1.41. The lowest BCUT2D eigenvalue weighted by molar-refractivity contribution is -0.138. The molecule has 1 aromatic heterocycles. The standard InChI is InChI=1S/C7H10N2O2S/c1-4-9-3-5(12-4)2-6(8)7(10)11/h3,6H,2,8H2,1H3,(H,10,11)/t6-/m1/s1. The normalized spacial score (nSPS) is 12.8. The van der Waals surface area contributed by atoms with Crippen LogP contribution in [0.25, 0.3) is 0 Å². The molecule has 0 amide bonds. The highest BCUT2D eigenvalue weighted by molar-refractivity contribution is 7.11. The molecular weight excluding hydrogens is 176 g/mol. The van der Waals surface area contributed by atoms with Gasteiger partial charge in [-0.1, -0.05) is 0 Å². The number of rotatable bonds is 3. The number of hydrogen-bond donors (Lipinski definition) is 2. The number of carboxylic acids is 1. The van der Waals surface area contributed by atoms with Gasteiger partial charge in [0.15, 0.2) is 0 Å². The van der Waals surface area contributed by atoms with Crippen LogP contribution >= 0.6 is 11.3 Å². The summed E-state index contributed by atoms with van der Waals surface area (Å²) in [6.07, 6.45) is 2.03. The van der Waals surface area contributed by atoms with Crippen molar-refractivity contribution < 1.29 is 9.90 Å². The van der Waals surface area contributed by atoms with Crippen molar-refractivity contribution in [1.29, 1.82) is 0 Å². The molecule has 0 unspecified atom stereocenters. The van der Waals surface area contributed by atoms with Gasteiger partial charge in [-0.2, -0.15) is 0 Å². The summed E-state index contributed by atoms with van der Waals surface area (Å²) in [4.78, 5) is 15.3. The van der Waals surface area contributed by atoms with Gasteiger partial charge in [0.05, 0.1) is 5.01 Å². The van der Waals surface area contributed by atoms with Gasteiger partial charge in [-0.3, -0.25) is 4.79 Å². The largest absolute Gasteiger partial charge is 0.480 e. The molecule has 0 aromatic carbocycles. The predicted molar refractivity (Wildman–Crippen MR) is 46.2 cm³/mol. The fourth-order valence-electron chi connectivity index (χ4n) is 0.804. The van der Waals surface area contributed by atoms with Gasteiger partial charge < -0.3 is 10.8 Å². The van der Waals surface area contributed by atoms with Crippen LogP contribution in [0.15, 0.2) is 6.20 Å². The second-order valence-electron chi connectivity index (χ2n) is 2.49. The minimum atomic E-state index is -0.971. The van der Waals surface area contributed by atoms with E-state index in [1.165, 1.54) is 11.3 Å². The Kier molecular flexibility index (Phi) is 2.78. The van der Waals surface area contributed by atoms with E-state index in [1.54, 1.807) is 6.20 Å². The van der Waals surface area contributed by atoms with Crippen LogP contribution in [-0.4, -0.2) is 22.1 Å². The summed E-state index contributed by atoms with van der Waals surface area (Å²) in [6, 6.07) is -0.815. The molecule has 1 heterocycles. The second kappa shape index (κ2) is 3.64. The van der Waals surface area contributed by atoms with Crippen LogP contribution < -0.4 is 5.73 Å². The number of nitrogens with zero attached hydrogens (tertiary/aromatic N) is 1. The Morgan fingerprint density at radius 2 is 2.58 bits per heavy atom. The Labute approximate surface area is 74.0 Å². The first-order valence-electron chi connectivity index (χ1n) is 3.49. The van der Waals surface area contributed by atoms with E-state index in [-0.39, 0.29) is 0 Å². The molecule has 0 radical (unpaired) electrons. The first kappa shape index (κ1) is 9.15. The van der Waals surface area contributed by atoms with E-state index in [0.29, 0.717) is 6.42 Å². The molecule has 0 bridgehead atoms. The van der Waals surface area contributed by atoms with E-state index < -0.39 is 12.0 Å². The first-order valence-corrected chi connectivity index (χ1v) is 4.31. The maximum Gasteiger partial charge on any atom is 0.320 e. The average molecular weight is 186 g/mol. The summed E-state index contributed by atoms with van der Waals surface area (Å²) < 4.78 is 0. The molecular formula is C7H10N2O2S. The number of carbonyl (C=O) groups is 1. The number of aromatic nitrogens is 1. The van der Waals surface area contributed by atoms with Crippen LogP contribution in [0, 0.1) is 6.92 Å². The van der Waals surface area contributed by atoms with Crippen molar-refractivity contribution in [3.8, 4) is 0 Å². The molecule has 12 heavy (non-hydrogen) atoms. The van der Waals surface area contributed by atoms with Crippen LogP contribution in [-0.2, 0) is 11.2 Å². The summed E-state index contributed by atoms with van der Waals surface area (Å²) in [7, 11) is 0. The zero-order valence-corrected chi connectivity index (χ0v) is 7.47. The zero-order chi connectivity index (χ0) is 9.14. The van der Waals surface area contributed by atoms with Gasteiger partial charge in [0.25, 0.3) is 0 Å². The topological polar surface area (TPSA) is 76.2 Å². The number of carboxylic acid groups (broad SMARTS) is 1. The highest BCUT2D eigenvalue weighted by Crippen LogP contribution is 2.12. The SMILES string of the molecule is Cc1ncc(C[C@@H](N)C(=O)O)s1. The number of aliphatic carboxylic acids is 1. The van der Waals surface area contributed by atoms with Crippen molar-refractivity contribution in [2.75, 3.05) is 0 Å². The van der Waals surface area contributed by atoms with Gasteiger partial charge in [-0.05, 0) is 6.92 Å². The van der Waals surface area contributed by atoms with Crippen LogP contribution in [0.3, 0.4) is 0 Å². The summed E-state index contributed by atoms with van der Waals surface area (Å²) in [5.74, 6) is -0.971. The van der Waals surface area contributed by atoms with Gasteiger partial charge in [0.2, 0.25) is 0 Å². The quantitative estimate of drug-likeness (QED) is 0.716. The maximum absolute atomic E-state index is 10.4. The Morgan fingerprint density at radius 1 is 1.92 bits per heavy atom. The molecule has 1 atom stereocenters. The Balaban J connectivity index is 2.58. The molecule has 66 valence electrons. The van der Waals surface area contributed by atoms with Gasteiger partial charge >= 0.3 is 5.97 Å². The molecule has 4 nitrogen and oxygen atoms in total. The first-order chi connectivity index (χ1) is 5.59. The molecule has 0 saturated carbocycles. The molecule has 0 aliphatic carbocycles. The number of aryl methyl sites for hydroxylation is 1. The second-order valence-corrected chi connectivity index (χ2v) is 3.81. The molecule has 0 fully saturated rings. The average Bonchev–Trinajstić information content (AvgIpc) is 2.35. The smallest absolute Gasteiger partial charge is 0.320 e. The van der Waals surface area contributed by atoms with Gasteiger partial charge in [0.1, 0.15) is 6.04 Å². The van der Waals surface area contributed by atoms with Gasteiger partial charge in [-0.15, -0.1) is 11.3 Å². The third-order valence-corrected chi connectivity index (χ3v) is 2.34. The van der Waals surface area contributed by atoms with Crippen LogP contribution in [0.5, 0.6) is 0 Å². The predicted octanol–water partition coefficient (Wildman–Crippen LogP) is 0.406. The van der Waals surface area contributed by atoms with Gasteiger partial charge in [0, 0.05) is 17.5 Å². The molecule has 0 spiro atoms. The number of hydrogen-bond acceptors (Lipinski definition) is 4. The highest BCUT2D eigenvalue weighted by Gasteiger charge is 2.13. The molecule has 0 aliphatic rings. The molecule has 3 N–H and O–H groups in total. The van der Waals surface area contributed by atoms with Crippen molar-refractivity contribution in [2.24, 2.45) is 5.73 Å². The van der Waals surface area contributed by atoms with E-state index in [2.05, 4.69) is 4.98 Å². The van der Waals surface area contributed by atoms with E-state index in [0.717, 1.165) is 9.88 Å². The minimum absolute atomic E-state index is 0.362. The summed E-state index contributed by atoms with van der Waals surface area (Å²) in [5.41, 5.74) is 5.34. The van der Waals surface area contributed by atoms with Crippen molar-refractivity contribution >= 4 is 17.3 Å². The zero-order valence-electron chi connectivity index (χ0n) is 6.65. The Morgan fingerprint density at radius 3 is 3.00 bits per heavy atom. The fourth-order valence-corrected chi connectivity index (χ4v) is 1.66. The van der Waals surface area contributed by atoms with E-state index >= 15 is 0 Å². The van der Waals surface area contributed by atoms with Crippen molar-refractivity contribution in [1.82, 2.24) is 4.98 Å². The summed E-state index contributed by atoms with van der Waals surface area (Å²) >= 11 is 1.48. The highest BCUT2D eigenvalue weighted by atomic mass is 32.1. The molecule has 0 saturated heterocycles. The van der Waals surface area contributed by atoms with E-state index in [1.807, 2.05) is 6.92 Å². The van der Waals surface area contributed by atoms with E-state index in [9.17, 15) is 4.79 Å². The fraction of sp³-hybridized carbons (Fsp3) is 0.429. The number of thiazole rings is 1. The third kappa shape index (κ3) is 2.28. The lowest BCUT2D eigenvalue weighted by Gasteiger charge is -2.01. The van der Waals surface area contributed by atoms with Crippen LogP contribution in [0.2, 0.25) is 0 Å². The Hall–Kier alpha value is -0.940. The van der Waals surface area contributed by atoms with Crippen LogP contribution in [0.4, 0.5) is 0 Å². The lowest BCUT2D eigenvalue weighted by Crippen LogP contribution is -2.31. The minimum Gasteiger partial charge on any atom is -0.480 e. The maximum atomic E-state index is 10.4. The molecule has 0 aliphatic heterocycles. The van der Waals surface area contributed by atoms with Crippen molar-refractivity contribution in [3.63, 3.8) is 0 Å². The molecule has 1 aromatic rings. The summed E-state index contributed by atoms with van der Waals surface area (Å²) in [6.45, 7) is 1.88. The van der Waals surface area contributed by atoms with Crippen LogP contribution in [0.1, 0.15) is 9.88 Å². The summed E-state index contributed by atoms with van der Waals surface area (Å²) in [5, 5.41) is 9.44. The molecule has 1 rings (SSSR count).